The predicted molar refractivity (Wildman–Crippen MR) is 71.3 cm³/mol. The Balaban J connectivity index is 2.22. The van der Waals surface area contributed by atoms with Gasteiger partial charge in [0.2, 0.25) is 0 Å². The molecular formula is C15H13FN2O. The smallest absolute Gasteiger partial charge is 0.141 e. The second kappa shape index (κ2) is 5.40. The van der Waals surface area contributed by atoms with E-state index in [9.17, 15) is 9.50 Å². The number of nitrogens with one attached hydrogen (secondary N) is 1. The van der Waals surface area contributed by atoms with Crippen molar-refractivity contribution in [2.45, 2.75) is 13.0 Å². The molecule has 0 bridgehead atoms. The number of halogens is 1. The van der Waals surface area contributed by atoms with Crippen molar-refractivity contribution in [1.82, 2.24) is 0 Å². The predicted octanol–water partition coefficient (Wildman–Crippen LogP) is 3.58. The lowest BCUT2D eigenvalue weighted by molar-refractivity contribution is 0.465. The molecule has 0 aliphatic carbocycles. The first-order valence-electron chi connectivity index (χ1n) is 5.86. The van der Waals surface area contributed by atoms with Gasteiger partial charge in [0.25, 0.3) is 0 Å². The highest BCUT2D eigenvalue weighted by Crippen LogP contribution is 2.27. The van der Waals surface area contributed by atoms with Crippen LogP contribution in [-0.2, 0) is 0 Å². The number of benzene rings is 2. The molecule has 0 fully saturated rings. The number of hydrogen-bond donors (Lipinski definition) is 2. The van der Waals surface area contributed by atoms with Crippen LogP contribution in [0.15, 0.2) is 42.5 Å². The van der Waals surface area contributed by atoms with E-state index in [0.717, 1.165) is 5.56 Å². The molecule has 96 valence electrons. The number of para-hydroxylation sites is 1. The summed E-state index contributed by atoms with van der Waals surface area (Å²) >= 11 is 0. The molecule has 0 radical (unpaired) electrons. The largest absolute Gasteiger partial charge is 0.508 e. The molecule has 0 aliphatic rings. The Morgan fingerprint density at radius 1 is 1.26 bits per heavy atom. The molecule has 0 saturated heterocycles. The van der Waals surface area contributed by atoms with Gasteiger partial charge >= 0.3 is 0 Å². The maximum absolute atomic E-state index is 13.2. The highest BCUT2D eigenvalue weighted by atomic mass is 19.1. The van der Waals surface area contributed by atoms with Crippen LogP contribution in [0.5, 0.6) is 5.75 Å². The van der Waals surface area contributed by atoms with Crippen LogP contribution in [0.1, 0.15) is 24.1 Å². The van der Waals surface area contributed by atoms with Crippen molar-refractivity contribution in [2.75, 3.05) is 5.32 Å². The molecule has 0 aromatic heterocycles. The topological polar surface area (TPSA) is 56.0 Å². The normalized spacial score (nSPS) is 11.6. The van der Waals surface area contributed by atoms with E-state index in [1.165, 1.54) is 12.1 Å². The monoisotopic (exact) mass is 256 g/mol. The molecule has 1 atom stereocenters. The summed E-state index contributed by atoms with van der Waals surface area (Å²) in [4.78, 5) is 0. The van der Waals surface area contributed by atoms with E-state index in [-0.39, 0.29) is 17.4 Å². The van der Waals surface area contributed by atoms with Crippen LogP contribution in [-0.4, -0.2) is 5.11 Å². The summed E-state index contributed by atoms with van der Waals surface area (Å²) in [6.07, 6.45) is 0. The van der Waals surface area contributed by atoms with Crippen LogP contribution in [0.25, 0.3) is 0 Å². The summed E-state index contributed by atoms with van der Waals surface area (Å²) < 4.78 is 13.2. The average molecular weight is 256 g/mol. The zero-order valence-electron chi connectivity index (χ0n) is 10.4. The number of phenolic OH excluding ortho intramolecular Hbond substituents is 1. The first-order valence-corrected chi connectivity index (χ1v) is 5.86. The minimum atomic E-state index is -0.539. The van der Waals surface area contributed by atoms with Crippen molar-refractivity contribution < 1.29 is 9.50 Å². The maximum Gasteiger partial charge on any atom is 0.141 e. The number of rotatable bonds is 3. The molecule has 2 rings (SSSR count). The summed E-state index contributed by atoms with van der Waals surface area (Å²) in [5, 5.41) is 21.7. The molecule has 2 aromatic carbocycles. The lowest BCUT2D eigenvalue weighted by Gasteiger charge is -2.17. The van der Waals surface area contributed by atoms with Gasteiger partial charge in [-0.2, -0.15) is 5.26 Å². The zero-order chi connectivity index (χ0) is 13.8. The second-order valence-electron chi connectivity index (χ2n) is 4.23. The van der Waals surface area contributed by atoms with E-state index < -0.39 is 5.82 Å². The van der Waals surface area contributed by atoms with Crippen molar-refractivity contribution in [3.8, 4) is 11.8 Å². The Morgan fingerprint density at radius 3 is 2.68 bits per heavy atom. The summed E-state index contributed by atoms with van der Waals surface area (Å²) in [5.41, 5.74) is 1.37. The van der Waals surface area contributed by atoms with Crippen LogP contribution in [0.4, 0.5) is 10.1 Å². The first-order chi connectivity index (χ1) is 9.11. The molecule has 0 spiro atoms. The van der Waals surface area contributed by atoms with Crippen LogP contribution >= 0.6 is 0 Å². The highest BCUT2D eigenvalue weighted by molar-refractivity contribution is 5.52. The lowest BCUT2D eigenvalue weighted by Crippen LogP contribution is -2.07. The van der Waals surface area contributed by atoms with Crippen molar-refractivity contribution in [2.24, 2.45) is 0 Å². The van der Waals surface area contributed by atoms with Crippen LogP contribution < -0.4 is 5.32 Å². The van der Waals surface area contributed by atoms with Gasteiger partial charge in [0.15, 0.2) is 0 Å². The van der Waals surface area contributed by atoms with Gasteiger partial charge in [-0.3, -0.25) is 0 Å². The Labute approximate surface area is 110 Å². The third kappa shape index (κ3) is 2.83. The minimum absolute atomic E-state index is 0.00511. The summed E-state index contributed by atoms with van der Waals surface area (Å²) in [5.74, 6) is -0.339. The van der Waals surface area contributed by atoms with E-state index in [1.807, 2.05) is 19.1 Å². The van der Waals surface area contributed by atoms with E-state index in [0.29, 0.717) is 5.69 Å². The van der Waals surface area contributed by atoms with Crippen LogP contribution in [0.2, 0.25) is 0 Å². The number of phenols is 1. The fraction of sp³-hybridized carbons (Fsp3) is 0.133. The van der Waals surface area contributed by atoms with E-state index in [4.69, 9.17) is 5.26 Å². The lowest BCUT2D eigenvalue weighted by atomic mass is 10.1. The fourth-order valence-electron chi connectivity index (χ4n) is 1.88. The third-order valence-electron chi connectivity index (χ3n) is 2.87. The standard InChI is InChI=1S/C15H13FN2O/c1-10(13-4-2-3-5-15(13)19)18-12-6-7-14(16)11(8-12)9-17/h2-8,10,18-19H,1H3. The zero-order valence-corrected chi connectivity index (χ0v) is 10.4. The van der Waals surface area contributed by atoms with Crippen molar-refractivity contribution in [3.05, 3.63) is 59.4 Å². The summed E-state index contributed by atoms with van der Waals surface area (Å²) in [6, 6.07) is 12.9. The van der Waals surface area contributed by atoms with Crippen LogP contribution in [0, 0.1) is 17.1 Å². The number of aromatic hydroxyl groups is 1. The SMILES string of the molecule is CC(Nc1ccc(F)c(C#N)c1)c1ccccc1O. The quantitative estimate of drug-likeness (QED) is 0.882. The van der Waals surface area contributed by atoms with Crippen molar-refractivity contribution in [3.63, 3.8) is 0 Å². The van der Waals surface area contributed by atoms with Crippen LogP contribution in [0.3, 0.4) is 0 Å². The first kappa shape index (κ1) is 12.9. The molecule has 2 N–H and O–H groups in total. The Morgan fingerprint density at radius 2 is 2.00 bits per heavy atom. The second-order valence-corrected chi connectivity index (χ2v) is 4.23. The third-order valence-corrected chi connectivity index (χ3v) is 2.87. The molecule has 4 heteroatoms. The maximum atomic E-state index is 13.2. The van der Waals surface area contributed by atoms with Gasteiger partial charge in [-0.25, -0.2) is 4.39 Å². The van der Waals surface area contributed by atoms with E-state index >= 15 is 0 Å². The molecule has 1 unspecified atom stereocenters. The average Bonchev–Trinajstić information content (AvgIpc) is 2.41. The van der Waals surface area contributed by atoms with Crippen molar-refractivity contribution in [1.29, 1.82) is 5.26 Å². The number of nitriles is 1. The molecular weight excluding hydrogens is 243 g/mol. The van der Waals surface area contributed by atoms with E-state index in [1.54, 1.807) is 24.3 Å². The van der Waals surface area contributed by atoms with Gasteiger partial charge in [-0.05, 0) is 31.2 Å². The Hall–Kier alpha value is -2.54. The summed E-state index contributed by atoms with van der Waals surface area (Å²) in [7, 11) is 0. The number of anilines is 1. The number of nitrogens with zero attached hydrogens (tertiary/aromatic N) is 1. The van der Waals surface area contributed by atoms with Crippen molar-refractivity contribution >= 4 is 5.69 Å². The molecule has 0 aliphatic heterocycles. The molecule has 2 aromatic rings. The van der Waals surface area contributed by atoms with Gasteiger partial charge in [0, 0.05) is 11.3 Å². The van der Waals surface area contributed by atoms with Gasteiger partial charge < -0.3 is 10.4 Å². The molecule has 0 heterocycles. The van der Waals surface area contributed by atoms with Gasteiger partial charge in [0.05, 0.1) is 11.6 Å². The fourth-order valence-corrected chi connectivity index (χ4v) is 1.88. The Bertz CT molecular complexity index is 634. The number of hydrogen-bond acceptors (Lipinski definition) is 3. The van der Waals surface area contributed by atoms with Gasteiger partial charge in [-0.1, -0.05) is 18.2 Å². The van der Waals surface area contributed by atoms with Gasteiger partial charge in [-0.15, -0.1) is 0 Å². The Kier molecular flexibility index (Phi) is 3.67. The molecule has 0 amide bonds. The summed E-state index contributed by atoms with van der Waals surface area (Å²) in [6.45, 7) is 1.88. The minimum Gasteiger partial charge on any atom is -0.508 e. The van der Waals surface area contributed by atoms with Gasteiger partial charge in [0.1, 0.15) is 17.6 Å². The molecule has 19 heavy (non-hydrogen) atoms. The molecule has 0 saturated carbocycles. The molecule has 3 nitrogen and oxygen atoms in total. The highest BCUT2D eigenvalue weighted by Gasteiger charge is 2.10. The van der Waals surface area contributed by atoms with E-state index in [2.05, 4.69) is 5.32 Å².